The number of pyridine rings is 1. The van der Waals surface area contributed by atoms with Crippen LogP contribution >= 0.6 is 15.9 Å². The number of hydrogen-bond acceptors (Lipinski definition) is 2. The van der Waals surface area contributed by atoms with Crippen molar-refractivity contribution in [1.29, 1.82) is 0 Å². The van der Waals surface area contributed by atoms with Crippen molar-refractivity contribution in [3.8, 4) is 11.5 Å². The Kier molecular flexibility index (Phi) is 4.02. The lowest BCUT2D eigenvalue weighted by molar-refractivity contribution is 0.474. The zero-order chi connectivity index (χ0) is 13.1. The Morgan fingerprint density at radius 1 is 1.17 bits per heavy atom. The zero-order valence-corrected chi connectivity index (χ0v) is 12.4. The molecule has 18 heavy (non-hydrogen) atoms. The summed E-state index contributed by atoms with van der Waals surface area (Å²) < 4.78 is 6.80. The summed E-state index contributed by atoms with van der Waals surface area (Å²) in [5.74, 6) is 2.18. The molecule has 3 heteroatoms. The molecule has 0 aliphatic rings. The van der Waals surface area contributed by atoms with Crippen LogP contribution in [-0.2, 0) is 0 Å². The summed E-state index contributed by atoms with van der Waals surface area (Å²) in [6, 6.07) is 8.20. The highest BCUT2D eigenvalue weighted by atomic mass is 79.9. The van der Waals surface area contributed by atoms with Crippen LogP contribution in [0.1, 0.15) is 30.9 Å². The van der Waals surface area contributed by atoms with Gasteiger partial charge in [0.25, 0.3) is 0 Å². The van der Waals surface area contributed by atoms with Gasteiger partial charge in [-0.1, -0.05) is 26.0 Å². The van der Waals surface area contributed by atoms with Gasteiger partial charge >= 0.3 is 0 Å². The highest BCUT2D eigenvalue weighted by Gasteiger charge is 2.07. The van der Waals surface area contributed by atoms with Crippen molar-refractivity contribution >= 4 is 15.9 Å². The van der Waals surface area contributed by atoms with Crippen LogP contribution in [0.15, 0.2) is 41.1 Å². The minimum atomic E-state index is 0.494. The van der Waals surface area contributed by atoms with E-state index in [4.69, 9.17) is 4.74 Å². The van der Waals surface area contributed by atoms with Gasteiger partial charge in [0.1, 0.15) is 11.5 Å². The summed E-state index contributed by atoms with van der Waals surface area (Å²) in [5.41, 5.74) is 2.41. The second-order valence-corrected chi connectivity index (χ2v) is 5.44. The number of nitrogens with zero attached hydrogens (tertiary/aromatic N) is 1. The molecule has 0 N–H and O–H groups in total. The number of benzene rings is 1. The third-order valence-electron chi connectivity index (χ3n) is 2.83. The molecule has 0 bridgehead atoms. The van der Waals surface area contributed by atoms with Crippen LogP contribution in [0.25, 0.3) is 0 Å². The second kappa shape index (κ2) is 5.53. The van der Waals surface area contributed by atoms with Crippen molar-refractivity contribution in [2.45, 2.75) is 26.7 Å². The lowest BCUT2D eigenvalue weighted by Crippen LogP contribution is -1.93. The normalized spacial score (nSPS) is 10.7. The molecule has 94 valence electrons. The van der Waals surface area contributed by atoms with Gasteiger partial charge in [0.2, 0.25) is 0 Å². The summed E-state index contributed by atoms with van der Waals surface area (Å²) in [4.78, 5) is 4.03. The van der Waals surface area contributed by atoms with Gasteiger partial charge in [-0.3, -0.25) is 4.98 Å². The Labute approximate surface area is 116 Å². The predicted molar refractivity (Wildman–Crippen MR) is 77.3 cm³/mol. The van der Waals surface area contributed by atoms with E-state index in [2.05, 4.69) is 59.9 Å². The first-order valence-electron chi connectivity index (χ1n) is 5.96. The van der Waals surface area contributed by atoms with Crippen molar-refractivity contribution in [2.75, 3.05) is 0 Å². The van der Waals surface area contributed by atoms with Crippen molar-refractivity contribution in [3.63, 3.8) is 0 Å². The molecule has 0 atom stereocenters. The summed E-state index contributed by atoms with van der Waals surface area (Å²) in [6.45, 7) is 6.40. The SMILES string of the molecule is Cc1ccc(C(C)C)cc1Oc1ccncc1Br. The van der Waals surface area contributed by atoms with E-state index in [1.807, 2.05) is 6.07 Å². The Morgan fingerprint density at radius 3 is 2.61 bits per heavy atom. The van der Waals surface area contributed by atoms with E-state index in [1.165, 1.54) is 5.56 Å². The second-order valence-electron chi connectivity index (χ2n) is 4.59. The standard InChI is InChI=1S/C15H16BrNO/c1-10(2)12-5-4-11(3)15(8-12)18-14-6-7-17-9-13(14)16/h4-10H,1-3H3. The maximum atomic E-state index is 5.94. The number of hydrogen-bond donors (Lipinski definition) is 0. The molecule has 0 amide bonds. The molecule has 2 nitrogen and oxygen atoms in total. The fourth-order valence-corrected chi connectivity index (χ4v) is 1.98. The molecular formula is C15H16BrNO. The van der Waals surface area contributed by atoms with Crippen LogP contribution in [-0.4, -0.2) is 4.98 Å². The largest absolute Gasteiger partial charge is 0.456 e. The molecule has 0 saturated heterocycles. The number of aromatic nitrogens is 1. The average Bonchev–Trinajstić information content (AvgIpc) is 2.34. The average molecular weight is 306 g/mol. The highest BCUT2D eigenvalue weighted by Crippen LogP contribution is 2.32. The van der Waals surface area contributed by atoms with E-state index in [1.54, 1.807) is 12.4 Å². The Balaban J connectivity index is 2.34. The molecule has 0 radical (unpaired) electrons. The predicted octanol–water partition coefficient (Wildman–Crippen LogP) is 5.07. The molecule has 1 aromatic carbocycles. The van der Waals surface area contributed by atoms with Crippen LogP contribution in [0.5, 0.6) is 11.5 Å². The smallest absolute Gasteiger partial charge is 0.144 e. The maximum Gasteiger partial charge on any atom is 0.144 e. The minimum Gasteiger partial charge on any atom is -0.456 e. The molecule has 2 rings (SSSR count). The van der Waals surface area contributed by atoms with Crippen molar-refractivity contribution < 1.29 is 4.74 Å². The molecule has 0 spiro atoms. The topological polar surface area (TPSA) is 22.1 Å². The van der Waals surface area contributed by atoms with Gasteiger partial charge < -0.3 is 4.74 Å². The summed E-state index contributed by atoms with van der Waals surface area (Å²) >= 11 is 3.44. The molecule has 1 aromatic heterocycles. The first-order valence-corrected chi connectivity index (χ1v) is 6.75. The molecule has 0 aliphatic heterocycles. The quantitative estimate of drug-likeness (QED) is 0.790. The summed E-state index contributed by atoms with van der Waals surface area (Å²) in [7, 11) is 0. The van der Waals surface area contributed by atoms with Crippen LogP contribution in [0.3, 0.4) is 0 Å². The van der Waals surface area contributed by atoms with Crippen LogP contribution in [0.2, 0.25) is 0 Å². The monoisotopic (exact) mass is 305 g/mol. The van der Waals surface area contributed by atoms with Crippen molar-refractivity contribution in [2.24, 2.45) is 0 Å². The maximum absolute atomic E-state index is 5.94. The number of ether oxygens (including phenoxy) is 1. The molecule has 1 heterocycles. The third kappa shape index (κ3) is 2.91. The Hall–Kier alpha value is -1.35. The fraction of sp³-hybridized carbons (Fsp3) is 0.267. The fourth-order valence-electron chi connectivity index (χ4n) is 1.65. The van der Waals surface area contributed by atoms with Gasteiger partial charge in [-0.05, 0) is 46.0 Å². The molecular weight excluding hydrogens is 290 g/mol. The van der Waals surface area contributed by atoms with Crippen molar-refractivity contribution in [1.82, 2.24) is 4.98 Å². The number of rotatable bonds is 3. The van der Waals surface area contributed by atoms with Crippen molar-refractivity contribution in [3.05, 3.63) is 52.3 Å². The Bertz CT molecular complexity index is 552. The van der Waals surface area contributed by atoms with Crippen LogP contribution < -0.4 is 4.74 Å². The first kappa shape index (κ1) is 13.1. The Morgan fingerprint density at radius 2 is 1.94 bits per heavy atom. The van der Waals surface area contributed by atoms with E-state index in [9.17, 15) is 0 Å². The van der Waals surface area contributed by atoms with Gasteiger partial charge in [-0.2, -0.15) is 0 Å². The van der Waals surface area contributed by atoms with E-state index < -0.39 is 0 Å². The van der Waals surface area contributed by atoms with E-state index >= 15 is 0 Å². The summed E-state index contributed by atoms with van der Waals surface area (Å²) in [6.07, 6.45) is 3.46. The first-order chi connectivity index (χ1) is 8.58. The molecule has 0 unspecified atom stereocenters. The van der Waals surface area contributed by atoms with Gasteiger partial charge in [0.05, 0.1) is 4.47 Å². The van der Waals surface area contributed by atoms with Gasteiger partial charge in [-0.15, -0.1) is 0 Å². The minimum absolute atomic E-state index is 0.494. The van der Waals surface area contributed by atoms with E-state index in [-0.39, 0.29) is 0 Å². The van der Waals surface area contributed by atoms with Gasteiger partial charge in [0, 0.05) is 18.5 Å². The number of halogens is 1. The summed E-state index contributed by atoms with van der Waals surface area (Å²) in [5, 5.41) is 0. The molecule has 0 aliphatic carbocycles. The lowest BCUT2D eigenvalue weighted by Gasteiger charge is -2.13. The third-order valence-corrected chi connectivity index (χ3v) is 3.43. The zero-order valence-electron chi connectivity index (χ0n) is 10.8. The highest BCUT2D eigenvalue weighted by molar-refractivity contribution is 9.10. The lowest BCUT2D eigenvalue weighted by atomic mass is 10.0. The van der Waals surface area contributed by atoms with Crippen LogP contribution in [0, 0.1) is 6.92 Å². The molecule has 0 saturated carbocycles. The van der Waals surface area contributed by atoms with E-state index in [0.29, 0.717) is 5.92 Å². The van der Waals surface area contributed by atoms with E-state index in [0.717, 1.165) is 21.5 Å². The van der Waals surface area contributed by atoms with Gasteiger partial charge in [-0.25, -0.2) is 0 Å². The molecule has 2 aromatic rings. The van der Waals surface area contributed by atoms with Crippen LogP contribution in [0.4, 0.5) is 0 Å². The van der Waals surface area contributed by atoms with Gasteiger partial charge in [0.15, 0.2) is 0 Å². The molecule has 0 fully saturated rings. The number of aryl methyl sites for hydroxylation is 1.